The molecule has 0 bridgehead atoms. The Balaban J connectivity index is 1.59. The Labute approximate surface area is 339 Å². The van der Waals surface area contributed by atoms with Gasteiger partial charge in [0.2, 0.25) is 0 Å². The molecule has 0 unspecified atom stereocenters. The van der Waals surface area contributed by atoms with Gasteiger partial charge in [-0.25, -0.2) is 0 Å². The molecule has 318 valence electrons. The molecule has 0 heteroatoms. The Morgan fingerprint density at radius 2 is 0.377 bits per heavy atom. The van der Waals surface area contributed by atoms with Crippen LogP contribution in [0.4, 0.5) is 0 Å². The Bertz CT molecular complexity index is 616. The van der Waals surface area contributed by atoms with Crippen molar-refractivity contribution in [3.8, 4) is 0 Å². The Hall–Kier alpha value is 0. The molecule has 1 aliphatic carbocycles. The smallest absolute Gasteiger partial charge is 0.0414 e. The van der Waals surface area contributed by atoms with Crippen molar-refractivity contribution in [1.82, 2.24) is 0 Å². The van der Waals surface area contributed by atoms with Gasteiger partial charge in [0.15, 0.2) is 0 Å². The average Bonchev–Trinajstić information content (AvgIpc) is 3.18. The summed E-state index contributed by atoms with van der Waals surface area (Å²) >= 11 is 0. The van der Waals surface area contributed by atoms with Crippen LogP contribution in [0.5, 0.6) is 0 Å². The van der Waals surface area contributed by atoms with Gasteiger partial charge < -0.3 is 0 Å². The standard InChI is InChI=1S/C53H106/c1-2-3-4-5-6-7-8-9-10-11-12-13-14-15-16-17-18-19-20-21-22-23-24-25-26-27-28-29-30-31-32-33-34-35-36-37-38-39-40-41-42-43-44-45-47-50-53-51-48-46-49-52-53/h53H,2-52H2,1H3. The lowest BCUT2D eigenvalue weighted by Crippen LogP contribution is -2.05. The van der Waals surface area contributed by atoms with Gasteiger partial charge in [-0.05, 0) is 5.92 Å². The van der Waals surface area contributed by atoms with Crippen LogP contribution in [0.3, 0.4) is 0 Å². The highest BCUT2D eigenvalue weighted by Gasteiger charge is 2.12. The highest BCUT2D eigenvalue weighted by atomic mass is 14.2. The molecule has 0 nitrogen and oxygen atoms in total. The summed E-state index contributed by atoms with van der Waals surface area (Å²) in [7, 11) is 0. The summed E-state index contributed by atoms with van der Waals surface area (Å²) in [5.41, 5.74) is 0. The van der Waals surface area contributed by atoms with Crippen LogP contribution >= 0.6 is 0 Å². The molecule has 0 heterocycles. The van der Waals surface area contributed by atoms with Crippen LogP contribution in [-0.4, -0.2) is 0 Å². The van der Waals surface area contributed by atoms with Gasteiger partial charge in [-0.15, -0.1) is 0 Å². The van der Waals surface area contributed by atoms with Crippen molar-refractivity contribution in [2.45, 2.75) is 334 Å². The molecule has 0 saturated heterocycles. The van der Waals surface area contributed by atoms with E-state index in [1.807, 2.05) is 0 Å². The predicted molar refractivity (Wildman–Crippen MR) is 245 cm³/mol. The fraction of sp³-hybridized carbons (Fsp3) is 1.00. The van der Waals surface area contributed by atoms with Crippen LogP contribution in [0.25, 0.3) is 0 Å². The van der Waals surface area contributed by atoms with E-state index in [1.165, 1.54) is 308 Å². The average molecular weight is 743 g/mol. The minimum Gasteiger partial charge on any atom is -0.0654 e. The normalized spacial score (nSPS) is 13.8. The number of hydrogen-bond donors (Lipinski definition) is 0. The molecule has 0 atom stereocenters. The van der Waals surface area contributed by atoms with Crippen molar-refractivity contribution in [3.05, 3.63) is 0 Å². The molecule has 1 aliphatic rings. The molecule has 0 amide bonds. The topological polar surface area (TPSA) is 0 Å². The molecule has 1 saturated carbocycles. The van der Waals surface area contributed by atoms with Gasteiger partial charge in [-0.1, -0.05) is 334 Å². The highest BCUT2D eigenvalue weighted by molar-refractivity contribution is 4.65. The van der Waals surface area contributed by atoms with Crippen molar-refractivity contribution in [2.24, 2.45) is 5.92 Å². The first-order valence-corrected chi connectivity index (χ1v) is 26.4. The van der Waals surface area contributed by atoms with Gasteiger partial charge in [0, 0.05) is 0 Å². The maximum atomic E-state index is 2.31. The second-order valence-electron chi connectivity index (χ2n) is 18.8. The molecule has 1 rings (SSSR count). The zero-order valence-corrected chi connectivity index (χ0v) is 37.6. The molecule has 0 N–H and O–H groups in total. The summed E-state index contributed by atoms with van der Waals surface area (Å²) in [5.74, 6) is 1.10. The third kappa shape index (κ3) is 43.0. The molecule has 0 aliphatic heterocycles. The molecule has 0 aromatic carbocycles. The predicted octanol–water partition coefficient (Wildman–Crippen LogP) is 20.5. The Morgan fingerprint density at radius 1 is 0.208 bits per heavy atom. The largest absolute Gasteiger partial charge is 0.0654 e. The van der Waals surface area contributed by atoms with Crippen LogP contribution in [0.1, 0.15) is 334 Å². The van der Waals surface area contributed by atoms with Gasteiger partial charge in [0.1, 0.15) is 0 Å². The molecule has 53 heavy (non-hydrogen) atoms. The Kier molecular flexibility index (Phi) is 44.6. The first-order chi connectivity index (χ1) is 26.4. The second-order valence-corrected chi connectivity index (χ2v) is 18.8. The minimum absolute atomic E-state index is 1.10. The summed E-state index contributed by atoms with van der Waals surface area (Å²) in [4.78, 5) is 0. The lowest BCUT2D eigenvalue weighted by Gasteiger charge is -2.21. The van der Waals surface area contributed by atoms with E-state index in [0.29, 0.717) is 0 Å². The van der Waals surface area contributed by atoms with Crippen molar-refractivity contribution >= 4 is 0 Å². The molecule has 0 radical (unpaired) electrons. The molecule has 0 spiro atoms. The monoisotopic (exact) mass is 743 g/mol. The van der Waals surface area contributed by atoms with E-state index in [4.69, 9.17) is 0 Å². The number of hydrogen-bond acceptors (Lipinski definition) is 0. The summed E-state index contributed by atoms with van der Waals surface area (Å²) in [6.07, 6.45) is 76.4. The van der Waals surface area contributed by atoms with Crippen molar-refractivity contribution in [1.29, 1.82) is 0 Å². The van der Waals surface area contributed by atoms with E-state index in [9.17, 15) is 0 Å². The van der Waals surface area contributed by atoms with E-state index >= 15 is 0 Å². The third-order valence-electron chi connectivity index (χ3n) is 13.4. The van der Waals surface area contributed by atoms with Gasteiger partial charge in [0.05, 0.1) is 0 Å². The van der Waals surface area contributed by atoms with Crippen LogP contribution in [-0.2, 0) is 0 Å². The minimum atomic E-state index is 1.10. The quantitative estimate of drug-likeness (QED) is 0.0545. The van der Waals surface area contributed by atoms with Gasteiger partial charge in [-0.2, -0.15) is 0 Å². The number of rotatable bonds is 46. The summed E-state index contributed by atoms with van der Waals surface area (Å²) in [6, 6.07) is 0. The van der Waals surface area contributed by atoms with E-state index in [1.54, 1.807) is 19.3 Å². The van der Waals surface area contributed by atoms with Crippen molar-refractivity contribution in [3.63, 3.8) is 0 Å². The van der Waals surface area contributed by atoms with Gasteiger partial charge in [0.25, 0.3) is 0 Å². The first-order valence-electron chi connectivity index (χ1n) is 26.4. The first kappa shape index (κ1) is 51.0. The zero-order chi connectivity index (χ0) is 37.6. The summed E-state index contributed by atoms with van der Waals surface area (Å²) in [5, 5.41) is 0. The van der Waals surface area contributed by atoms with Crippen LogP contribution in [0.15, 0.2) is 0 Å². The lowest BCUT2D eigenvalue weighted by atomic mass is 9.85. The molecular weight excluding hydrogens is 637 g/mol. The molecule has 1 fully saturated rings. The lowest BCUT2D eigenvalue weighted by molar-refractivity contribution is 0.328. The van der Waals surface area contributed by atoms with Crippen molar-refractivity contribution < 1.29 is 0 Å². The van der Waals surface area contributed by atoms with E-state index in [0.717, 1.165) is 5.92 Å². The third-order valence-corrected chi connectivity index (χ3v) is 13.4. The second kappa shape index (κ2) is 46.4. The van der Waals surface area contributed by atoms with Gasteiger partial charge in [-0.3, -0.25) is 0 Å². The Morgan fingerprint density at radius 3 is 0.566 bits per heavy atom. The van der Waals surface area contributed by atoms with E-state index in [2.05, 4.69) is 6.92 Å². The molecule has 0 aromatic rings. The van der Waals surface area contributed by atoms with Crippen LogP contribution < -0.4 is 0 Å². The fourth-order valence-corrected chi connectivity index (χ4v) is 9.58. The summed E-state index contributed by atoms with van der Waals surface area (Å²) < 4.78 is 0. The van der Waals surface area contributed by atoms with Crippen LogP contribution in [0, 0.1) is 5.92 Å². The van der Waals surface area contributed by atoms with E-state index < -0.39 is 0 Å². The van der Waals surface area contributed by atoms with Crippen molar-refractivity contribution in [2.75, 3.05) is 0 Å². The van der Waals surface area contributed by atoms with Gasteiger partial charge >= 0.3 is 0 Å². The van der Waals surface area contributed by atoms with E-state index in [-0.39, 0.29) is 0 Å². The maximum absolute atomic E-state index is 2.31. The maximum Gasteiger partial charge on any atom is -0.0414 e. The SMILES string of the molecule is CCCCCCCCCCCCCCCCCCCCCCCCCCCCCCCCCCCCCCCCCCCCCCCC1CCCCC1. The number of unbranched alkanes of at least 4 members (excludes halogenated alkanes) is 44. The van der Waals surface area contributed by atoms with Crippen LogP contribution in [0.2, 0.25) is 0 Å². The molecule has 0 aromatic heterocycles. The fourth-order valence-electron chi connectivity index (χ4n) is 9.58. The highest BCUT2D eigenvalue weighted by Crippen LogP contribution is 2.28. The summed E-state index contributed by atoms with van der Waals surface area (Å²) in [6.45, 7) is 2.31. The zero-order valence-electron chi connectivity index (χ0n) is 37.6. The molecular formula is C53H106.